The Bertz CT molecular complexity index is 1280. The van der Waals surface area contributed by atoms with E-state index in [1.165, 1.54) is 0 Å². The van der Waals surface area contributed by atoms with Gasteiger partial charge in [0.05, 0.1) is 17.5 Å². The number of amides is 1. The van der Waals surface area contributed by atoms with Crippen LogP contribution in [0.4, 0.5) is 0 Å². The first-order chi connectivity index (χ1) is 17.0. The zero-order chi connectivity index (χ0) is 24.4. The Labute approximate surface area is 206 Å². The summed E-state index contributed by atoms with van der Waals surface area (Å²) in [5.74, 6) is 0.933. The molecule has 0 aliphatic carbocycles. The van der Waals surface area contributed by atoms with Gasteiger partial charge in [0, 0.05) is 23.7 Å². The number of carboxylic acids is 1. The maximum Gasteiger partial charge on any atom is 0.311 e. The molecule has 8 nitrogen and oxygen atoms in total. The Morgan fingerprint density at radius 3 is 2.69 bits per heavy atom. The van der Waals surface area contributed by atoms with Crippen molar-refractivity contribution in [1.82, 2.24) is 5.32 Å². The molecule has 2 heterocycles. The number of aliphatic carboxylic acids is 1. The van der Waals surface area contributed by atoms with Crippen molar-refractivity contribution >= 4 is 23.5 Å². The van der Waals surface area contributed by atoms with E-state index in [1.54, 1.807) is 36.4 Å². The lowest BCUT2D eigenvalue weighted by atomic mass is 9.93. The highest BCUT2D eigenvalue weighted by atomic mass is 35.5. The summed E-state index contributed by atoms with van der Waals surface area (Å²) < 4.78 is 22.4. The van der Waals surface area contributed by atoms with Crippen molar-refractivity contribution in [3.63, 3.8) is 0 Å². The smallest absolute Gasteiger partial charge is 0.311 e. The molecule has 5 rings (SSSR count). The van der Waals surface area contributed by atoms with E-state index in [9.17, 15) is 14.7 Å². The van der Waals surface area contributed by atoms with Crippen LogP contribution in [-0.2, 0) is 11.2 Å². The lowest BCUT2D eigenvalue weighted by Gasteiger charge is -2.24. The Kier molecular flexibility index (Phi) is 6.37. The maximum atomic E-state index is 12.5. The van der Waals surface area contributed by atoms with Gasteiger partial charge in [-0.05, 0) is 54.8 Å². The van der Waals surface area contributed by atoms with Crippen molar-refractivity contribution in [3.8, 4) is 28.7 Å². The van der Waals surface area contributed by atoms with Crippen molar-refractivity contribution in [3.05, 3.63) is 76.3 Å². The van der Waals surface area contributed by atoms with Gasteiger partial charge in [0.25, 0.3) is 5.91 Å². The minimum absolute atomic E-state index is 0.207. The molecule has 0 bridgehead atoms. The number of carbonyl (C=O) groups is 2. The van der Waals surface area contributed by atoms with Crippen LogP contribution in [0.15, 0.2) is 54.6 Å². The molecular weight excluding hydrogens is 474 g/mol. The van der Waals surface area contributed by atoms with Gasteiger partial charge < -0.3 is 29.4 Å². The molecule has 0 fully saturated rings. The molecule has 2 N–H and O–H groups in total. The third-order valence-corrected chi connectivity index (χ3v) is 6.20. The summed E-state index contributed by atoms with van der Waals surface area (Å²) in [6.45, 7) is 0.959. The van der Waals surface area contributed by atoms with Crippen molar-refractivity contribution in [2.24, 2.45) is 0 Å². The van der Waals surface area contributed by atoms with Crippen molar-refractivity contribution in [2.75, 3.05) is 19.9 Å². The number of benzene rings is 3. The van der Waals surface area contributed by atoms with Crippen LogP contribution in [0.5, 0.6) is 28.7 Å². The molecule has 0 saturated heterocycles. The Balaban J connectivity index is 1.20. The number of ether oxygens (including phenoxy) is 4. The number of halogens is 1. The molecule has 0 spiro atoms. The lowest BCUT2D eigenvalue weighted by molar-refractivity contribution is -0.139. The largest absolute Gasteiger partial charge is 0.493 e. The van der Waals surface area contributed by atoms with Gasteiger partial charge in [-0.1, -0.05) is 23.7 Å². The quantitative estimate of drug-likeness (QED) is 0.486. The van der Waals surface area contributed by atoms with E-state index in [2.05, 4.69) is 5.32 Å². The van der Waals surface area contributed by atoms with Gasteiger partial charge in [0.2, 0.25) is 6.79 Å². The average molecular weight is 496 g/mol. The molecule has 180 valence electrons. The normalized spacial score (nSPS) is 15.6. The van der Waals surface area contributed by atoms with Gasteiger partial charge >= 0.3 is 5.97 Å². The van der Waals surface area contributed by atoms with Crippen molar-refractivity contribution < 1.29 is 33.6 Å². The van der Waals surface area contributed by atoms with Crippen LogP contribution in [0, 0.1) is 0 Å². The number of fused-ring (bicyclic) bond motifs is 2. The molecule has 3 aromatic rings. The summed E-state index contributed by atoms with van der Waals surface area (Å²) in [6, 6.07) is 15.5. The molecular formula is C26H22ClNO7. The van der Waals surface area contributed by atoms with E-state index in [0.717, 1.165) is 17.1 Å². The van der Waals surface area contributed by atoms with E-state index in [1.807, 2.05) is 18.2 Å². The summed E-state index contributed by atoms with van der Waals surface area (Å²) in [6.07, 6.45) is 0.999. The second kappa shape index (κ2) is 9.76. The van der Waals surface area contributed by atoms with Gasteiger partial charge in [0.15, 0.2) is 11.5 Å². The number of rotatable bonds is 7. The minimum atomic E-state index is -0.914. The molecule has 0 radical (unpaired) electrons. The standard InChI is InChI=1S/C26H22ClNO7/c27-20-12-19-18(26(30)31)9-11-32-22(19)13-23(20)35-17-6-4-16(5-7-17)25(29)28-10-8-15-2-1-3-21-24(15)34-14-33-21/h1-7,12-13,18H,8-11,14H2,(H,28,29)(H,30,31). The van der Waals surface area contributed by atoms with Crippen LogP contribution in [0.2, 0.25) is 5.02 Å². The first-order valence-electron chi connectivity index (χ1n) is 11.1. The summed E-state index contributed by atoms with van der Waals surface area (Å²) in [5, 5.41) is 12.6. The third-order valence-electron chi connectivity index (χ3n) is 5.90. The molecule has 0 aromatic heterocycles. The summed E-state index contributed by atoms with van der Waals surface area (Å²) in [5.41, 5.74) is 2.00. The average Bonchev–Trinajstić information content (AvgIpc) is 3.34. The van der Waals surface area contributed by atoms with Gasteiger partial charge in [0.1, 0.15) is 17.2 Å². The molecule has 2 aliphatic rings. The van der Waals surface area contributed by atoms with E-state index in [-0.39, 0.29) is 17.7 Å². The number of para-hydroxylation sites is 1. The van der Waals surface area contributed by atoms with Crippen molar-refractivity contribution in [2.45, 2.75) is 18.8 Å². The van der Waals surface area contributed by atoms with Crippen LogP contribution < -0.4 is 24.3 Å². The first-order valence-corrected chi connectivity index (χ1v) is 11.5. The second-order valence-corrected chi connectivity index (χ2v) is 8.54. The van der Waals surface area contributed by atoms with Crippen LogP contribution in [0.1, 0.15) is 33.8 Å². The Morgan fingerprint density at radius 2 is 1.89 bits per heavy atom. The lowest BCUT2D eigenvalue weighted by Crippen LogP contribution is -2.25. The fourth-order valence-corrected chi connectivity index (χ4v) is 4.34. The fraction of sp³-hybridized carbons (Fsp3) is 0.231. The molecule has 1 atom stereocenters. The number of carboxylic acid groups (broad SMARTS) is 1. The summed E-state index contributed by atoms with van der Waals surface area (Å²) in [4.78, 5) is 24.0. The van der Waals surface area contributed by atoms with Gasteiger partial charge in [-0.15, -0.1) is 0 Å². The summed E-state index contributed by atoms with van der Waals surface area (Å²) >= 11 is 6.35. The van der Waals surface area contributed by atoms with E-state index < -0.39 is 11.9 Å². The minimum Gasteiger partial charge on any atom is -0.493 e. The zero-order valence-corrected chi connectivity index (χ0v) is 19.3. The van der Waals surface area contributed by atoms with E-state index in [4.69, 9.17) is 30.5 Å². The second-order valence-electron chi connectivity index (χ2n) is 8.13. The van der Waals surface area contributed by atoms with Gasteiger partial charge in [-0.25, -0.2) is 0 Å². The number of nitrogens with one attached hydrogen (secondary N) is 1. The highest BCUT2D eigenvalue weighted by Gasteiger charge is 2.29. The third kappa shape index (κ3) is 4.83. The molecule has 1 unspecified atom stereocenters. The molecule has 9 heteroatoms. The fourth-order valence-electron chi connectivity index (χ4n) is 4.13. The predicted molar refractivity (Wildman–Crippen MR) is 127 cm³/mol. The van der Waals surface area contributed by atoms with E-state index >= 15 is 0 Å². The number of hydrogen-bond donors (Lipinski definition) is 2. The summed E-state index contributed by atoms with van der Waals surface area (Å²) in [7, 11) is 0. The maximum absolute atomic E-state index is 12.5. The monoisotopic (exact) mass is 495 g/mol. The zero-order valence-electron chi connectivity index (χ0n) is 18.6. The van der Waals surface area contributed by atoms with Crippen LogP contribution in [0.25, 0.3) is 0 Å². The van der Waals surface area contributed by atoms with Gasteiger partial charge in [-0.3, -0.25) is 9.59 Å². The Hall–Kier alpha value is -3.91. The molecule has 0 saturated carbocycles. The first kappa shape index (κ1) is 22.9. The van der Waals surface area contributed by atoms with E-state index in [0.29, 0.717) is 54.4 Å². The molecule has 3 aromatic carbocycles. The van der Waals surface area contributed by atoms with Crippen LogP contribution in [-0.4, -0.2) is 36.9 Å². The number of hydrogen-bond acceptors (Lipinski definition) is 6. The number of carbonyl (C=O) groups excluding carboxylic acids is 1. The van der Waals surface area contributed by atoms with Crippen molar-refractivity contribution in [1.29, 1.82) is 0 Å². The topological polar surface area (TPSA) is 103 Å². The predicted octanol–water partition coefficient (Wildman–Crippen LogP) is 4.78. The molecule has 1 amide bonds. The SMILES string of the molecule is O=C(NCCc1cccc2c1OCO2)c1ccc(Oc2cc3c(cc2Cl)C(C(=O)O)CCO3)cc1. The Morgan fingerprint density at radius 1 is 1.06 bits per heavy atom. The molecule has 35 heavy (non-hydrogen) atoms. The van der Waals surface area contributed by atoms with Gasteiger partial charge in [-0.2, -0.15) is 0 Å². The highest BCUT2D eigenvalue weighted by molar-refractivity contribution is 6.32. The highest BCUT2D eigenvalue weighted by Crippen LogP contribution is 2.42. The van der Waals surface area contributed by atoms with Crippen LogP contribution in [0.3, 0.4) is 0 Å². The molecule has 2 aliphatic heterocycles. The van der Waals surface area contributed by atoms with Crippen LogP contribution >= 0.6 is 11.6 Å².